The van der Waals surface area contributed by atoms with Crippen LogP contribution in [-0.4, -0.2) is 66.1 Å². The molecule has 3 aromatic rings. The second-order valence-electron chi connectivity index (χ2n) is 10.7. The molecule has 1 saturated carbocycles. The standard InChI is InChI=1S/C27H29FN4O6S/c1-37-24-5-3-19-25(32-24)17(18(28)13-29-19)11-22(33)27-8-6-26(7-9-27,15-38-27)30-12-16-2-4-21-20(10-16)31-23(34)14-39(21,35)36/h2-5,10,13,22,30,33H,6-9,11-12,14-15H2,1H3,(H,31,34). The average Bonchev–Trinajstić information content (AvgIpc) is 2.93. The van der Waals surface area contributed by atoms with Gasteiger partial charge in [-0.2, -0.15) is 0 Å². The fourth-order valence-electron chi connectivity index (χ4n) is 5.93. The molecule has 1 aliphatic carbocycles. The number of ether oxygens (including phenoxy) is 2. The van der Waals surface area contributed by atoms with Crippen molar-refractivity contribution >= 4 is 32.5 Å². The lowest BCUT2D eigenvalue weighted by atomic mass is 9.68. The molecule has 0 spiro atoms. The molecule has 7 rings (SSSR count). The SMILES string of the molecule is COc1ccc2ncc(F)c(CC(O)C34CCC(NCc5ccc6c(c5)NC(=O)CS6(=O)=O)(CC3)CO4)c2n1. The number of sulfone groups is 1. The van der Waals surface area contributed by atoms with Crippen LogP contribution in [0.15, 0.2) is 41.4 Å². The fraction of sp³-hybridized carbons (Fsp3) is 0.444. The van der Waals surface area contributed by atoms with Crippen LogP contribution in [0.2, 0.25) is 0 Å². The zero-order valence-corrected chi connectivity index (χ0v) is 22.2. The van der Waals surface area contributed by atoms with Crippen molar-refractivity contribution in [3.8, 4) is 5.88 Å². The second-order valence-corrected chi connectivity index (χ2v) is 12.6. The van der Waals surface area contributed by atoms with Crippen molar-refractivity contribution in [3.63, 3.8) is 0 Å². The van der Waals surface area contributed by atoms with Crippen molar-refractivity contribution in [2.24, 2.45) is 0 Å². The number of anilines is 1. The van der Waals surface area contributed by atoms with Crippen molar-refractivity contribution < 1.29 is 32.2 Å². The quantitative estimate of drug-likeness (QED) is 0.400. The Bertz CT molecular complexity index is 1560. The number of aliphatic hydroxyl groups excluding tert-OH is 1. The summed E-state index contributed by atoms with van der Waals surface area (Å²) in [4.78, 5) is 20.4. The Hall–Kier alpha value is -3.19. The number of aromatic nitrogens is 2. The molecule has 1 aromatic carbocycles. The number of halogens is 1. The Kier molecular flexibility index (Phi) is 6.33. The molecule has 12 heteroatoms. The summed E-state index contributed by atoms with van der Waals surface area (Å²) in [6.07, 6.45) is 2.96. The summed E-state index contributed by atoms with van der Waals surface area (Å²) in [5, 5.41) is 17.5. The molecule has 3 fully saturated rings. The van der Waals surface area contributed by atoms with Crippen molar-refractivity contribution in [2.75, 3.05) is 24.8 Å². The molecule has 2 aromatic heterocycles. The number of rotatable bonds is 7. The second kappa shape index (κ2) is 9.47. The highest BCUT2D eigenvalue weighted by Gasteiger charge is 2.53. The number of pyridine rings is 2. The summed E-state index contributed by atoms with van der Waals surface area (Å²) >= 11 is 0. The lowest BCUT2D eigenvalue weighted by molar-refractivity contribution is -0.208. The van der Waals surface area contributed by atoms with Gasteiger partial charge in [-0.3, -0.25) is 9.78 Å². The maximum Gasteiger partial charge on any atom is 0.239 e. The zero-order valence-electron chi connectivity index (χ0n) is 21.4. The highest BCUT2D eigenvalue weighted by Crippen LogP contribution is 2.46. The summed E-state index contributed by atoms with van der Waals surface area (Å²) in [6, 6.07) is 8.33. The molecular weight excluding hydrogens is 527 g/mol. The van der Waals surface area contributed by atoms with E-state index < -0.39 is 39.0 Å². The number of hydrogen-bond acceptors (Lipinski definition) is 9. The first-order valence-electron chi connectivity index (χ1n) is 12.8. The summed E-state index contributed by atoms with van der Waals surface area (Å²) in [7, 11) is -2.14. The summed E-state index contributed by atoms with van der Waals surface area (Å²) < 4.78 is 50.9. The van der Waals surface area contributed by atoms with E-state index in [-0.39, 0.29) is 22.4 Å². The van der Waals surface area contributed by atoms with Gasteiger partial charge in [-0.25, -0.2) is 17.8 Å². The van der Waals surface area contributed by atoms with Gasteiger partial charge < -0.3 is 25.2 Å². The third-order valence-electron chi connectivity index (χ3n) is 8.28. The third-order valence-corrected chi connectivity index (χ3v) is 9.95. The molecule has 39 heavy (non-hydrogen) atoms. The molecule has 1 unspecified atom stereocenters. The number of nitrogens with one attached hydrogen (secondary N) is 2. The predicted molar refractivity (Wildman–Crippen MR) is 140 cm³/mol. The number of benzene rings is 1. The van der Waals surface area contributed by atoms with Crippen molar-refractivity contribution in [2.45, 2.75) is 60.8 Å². The van der Waals surface area contributed by atoms with E-state index in [1.165, 1.54) is 13.2 Å². The number of carbonyl (C=O) groups is 1. The number of methoxy groups -OCH3 is 1. The number of carbonyl (C=O) groups excluding carboxylic acids is 1. The topological polar surface area (TPSA) is 140 Å². The van der Waals surface area contributed by atoms with Gasteiger partial charge in [0.2, 0.25) is 11.8 Å². The van der Waals surface area contributed by atoms with Gasteiger partial charge in [0.25, 0.3) is 0 Å². The minimum absolute atomic E-state index is 0.0369. The molecule has 1 amide bonds. The lowest BCUT2D eigenvalue weighted by Gasteiger charge is -2.55. The van der Waals surface area contributed by atoms with Gasteiger partial charge >= 0.3 is 0 Å². The number of amides is 1. The van der Waals surface area contributed by atoms with Crippen LogP contribution in [-0.2, 0) is 32.3 Å². The van der Waals surface area contributed by atoms with Crippen molar-refractivity contribution in [1.82, 2.24) is 15.3 Å². The first-order valence-corrected chi connectivity index (χ1v) is 14.5. The van der Waals surface area contributed by atoms with Crippen LogP contribution in [0, 0.1) is 5.82 Å². The molecule has 5 heterocycles. The monoisotopic (exact) mass is 556 g/mol. The van der Waals surface area contributed by atoms with Gasteiger partial charge in [0.1, 0.15) is 11.6 Å². The molecule has 2 bridgehead atoms. The summed E-state index contributed by atoms with van der Waals surface area (Å²) in [5.74, 6) is -1.27. The number of hydrogen-bond donors (Lipinski definition) is 3. The summed E-state index contributed by atoms with van der Waals surface area (Å²) in [6.45, 7) is 0.843. The average molecular weight is 557 g/mol. The van der Waals surface area contributed by atoms with E-state index in [1.54, 1.807) is 24.3 Å². The van der Waals surface area contributed by atoms with Gasteiger partial charge in [-0.15, -0.1) is 0 Å². The number of fused-ring (bicyclic) bond motifs is 5. The minimum atomic E-state index is -3.62. The molecule has 3 N–H and O–H groups in total. The summed E-state index contributed by atoms with van der Waals surface area (Å²) in [5.41, 5.74) is 1.23. The molecule has 206 valence electrons. The smallest absolute Gasteiger partial charge is 0.239 e. The van der Waals surface area contributed by atoms with E-state index in [0.717, 1.165) is 24.6 Å². The minimum Gasteiger partial charge on any atom is -0.481 e. The van der Waals surface area contributed by atoms with Gasteiger partial charge in [-0.05, 0) is 49.4 Å². The first-order chi connectivity index (χ1) is 18.6. The van der Waals surface area contributed by atoms with E-state index in [4.69, 9.17) is 9.47 Å². The van der Waals surface area contributed by atoms with E-state index in [2.05, 4.69) is 20.6 Å². The van der Waals surface area contributed by atoms with E-state index in [1.807, 2.05) is 0 Å². The molecule has 10 nitrogen and oxygen atoms in total. The van der Waals surface area contributed by atoms with Crippen LogP contribution in [0.5, 0.6) is 5.88 Å². The maximum atomic E-state index is 14.9. The van der Waals surface area contributed by atoms with Crippen LogP contribution >= 0.6 is 0 Å². The van der Waals surface area contributed by atoms with E-state index in [0.29, 0.717) is 48.6 Å². The van der Waals surface area contributed by atoms with E-state index >= 15 is 0 Å². The molecular formula is C27H29FN4O6S. The van der Waals surface area contributed by atoms with Crippen LogP contribution < -0.4 is 15.4 Å². The number of aliphatic hydroxyl groups is 1. The third kappa shape index (κ3) is 4.65. The fourth-order valence-corrected chi connectivity index (χ4v) is 7.22. The lowest BCUT2D eigenvalue weighted by Crippen LogP contribution is -2.65. The van der Waals surface area contributed by atoms with Gasteiger partial charge in [0.05, 0.1) is 53.2 Å². The Morgan fingerprint density at radius 3 is 2.74 bits per heavy atom. The largest absolute Gasteiger partial charge is 0.481 e. The highest BCUT2D eigenvalue weighted by molar-refractivity contribution is 7.92. The Balaban J connectivity index is 1.14. The zero-order chi connectivity index (χ0) is 27.4. The van der Waals surface area contributed by atoms with Gasteiger partial charge in [0, 0.05) is 30.1 Å². The van der Waals surface area contributed by atoms with Crippen LogP contribution in [0.1, 0.15) is 36.8 Å². The Morgan fingerprint density at radius 2 is 2.03 bits per heavy atom. The Labute approximate surface area is 224 Å². The molecule has 2 saturated heterocycles. The van der Waals surface area contributed by atoms with Crippen molar-refractivity contribution in [1.29, 1.82) is 0 Å². The van der Waals surface area contributed by atoms with Crippen LogP contribution in [0.3, 0.4) is 0 Å². The predicted octanol–water partition coefficient (Wildman–Crippen LogP) is 2.28. The van der Waals surface area contributed by atoms with Gasteiger partial charge in [0.15, 0.2) is 9.84 Å². The van der Waals surface area contributed by atoms with Crippen molar-refractivity contribution in [3.05, 3.63) is 53.5 Å². The molecule has 0 radical (unpaired) electrons. The van der Waals surface area contributed by atoms with Crippen LogP contribution in [0.4, 0.5) is 10.1 Å². The molecule has 3 aliphatic heterocycles. The first kappa shape index (κ1) is 26.1. The van der Waals surface area contributed by atoms with Crippen LogP contribution in [0.25, 0.3) is 11.0 Å². The number of nitrogens with zero attached hydrogens (tertiary/aromatic N) is 2. The van der Waals surface area contributed by atoms with Gasteiger partial charge in [-0.1, -0.05) is 6.07 Å². The molecule has 4 aliphatic rings. The maximum absolute atomic E-state index is 14.9. The van der Waals surface area contributed by atoms with E-state index in [9.17, 15) is 22.7 Å². The Morgan fingerprint density at radius 1 is 1.23 bits per heavy atom. The molecule has 1 atom stereocenters. The highest BCUT2D eigenvalue weighted by atomic mass is 32.2. The normalized spacial score (nSPS) is 26.2.